The Morgan fingerprint density at radius 3 is 2.88 bits per heavy atom. The smallest absolute Gasteiger partial charge is 0.256 e. The lowest BCUT2D eigenvalue weighted by atomic mass is 9.79. The van der Waals surface area contributed by atoms with Crippen LogP contribution in [0.5, 0.6) is 5.75 Å². The predicted octanol–water partition coefficient (Wildman–Crippen LogP) is 2.92. The van der Waals surface area contributed by atoms with Crippen molar-refractivity contribution in [3.05, 3.63) is 59.2 Å². The third kappa shape index (κ3) is 2.25. The van der Waals surface area contributed by atoms with Crippen molar-refractivity contribution in [2.75, 3.05) is 11.1 Å². The summed E-state index contributed by atoms with van der Waals surface area (Å²) in [4.78, 5) is 12.3. The van der Waals surface area contributed by atoms with E-state index in [0.717, 1.165) is 16.8 Å². The molecule has 1 aliphatic heterocycles. The molecular formula is C19H18N2O3. The fourth-order valence-corrected chi connectivity index (χ4v) is 3.64. The molecule has 5 heteroatoms. The molecule has 0 saturated carbocycles. The number of aliphatic hydroxyl groups excluding tert-OH is 1. The standard InChI is InChI=1S/C19H18N2O3/c20-11-5-6-15-13(9-11)14(19(24)21-15)8-10-4-7-16(22)12-2-1-3-17(23)18(10)12/h1-3,5-6,8-10,16,22-23H,4,7,20H2,(H,21,24). The van der Waals surface area contributed by atoms with Gasteiger partial charge in [-0.25, -0.2) is 0 Å². The molecule has 1 aliphatic carbocycles. The van der Waals surface area contributed by atoms with E-state index in [4.69, 9.17) is 5.73 Å². The molecule has 1 heterocycles. The molecule has 0 radical (unpaired) electrons. The number of carbonyl (C=O) groups excluding carboxylic acids is 1. The number of amides is 1. The molecule has 2 aromatic carbocycles. The van der Waals surface area contributed by atoms with Gasteiger partial charge in [0.1, 0.15) is 5.75 Å². The van der Waals surface area contributed by atoms with Crippen molar-refractivity contribution in [2.45, 2.75) is 24.9 Å². The Morgan fingerprint density at radius 2 is 2.04 bits per heavy atom. The van der Waals surface area contributed by atoms with Gasteiger partial charge in [-0.1, -0.05) is 18.2 Å². The van der Waals surface area contributed by atoms with E-state index in [1.54, 1.807) is 30.3 Å². The van der Waals surface area contributed by atoms with Crippen LogP contribution in [0.1, 0.15) is 41.6 Å². The molecular weight excluding hydrogens is 304 g/mol. The molecule has 0 spiro atoms. The number of allylic oxidation sites excluding steroid dienone is 1. The maximum atomic E-state index is 12.3. The highest BCUT2D eigenvalue weighted by Gasteiger charge is 2.30. The molecule has 122 valence electrons. The summed E-state index contributed by atoms with van der Waals surface area (Å²) < 4.78 is 0. The zero-order valence-corrected chi connectivity index (χ0v) is 13.0. The third-order valence-electron chi connectivity index (χ3n) is 4.79. The second kappa shape index (κ2) is 5.39. The van der Waals surface area contributed by atoms with Crippen molar-refractivity contribution >= 4 is 22.9 Å². The van der Waals surface area contributed by atoms with Crippen LogP contribution in [0.15, 0.2) is 42.5 Å². The SMILES string of the molecule is Nc1ccc2c(c1)C(=CC1CCC(O)c3cccc(O)c31)C(=O)N2. The quantitative estimate of drug-likeness (QED) is 0.479. The van der Waals surface area contributed by atoms with E-state index in [-0.39, 0.29) is 17.6 Å². The van der Waals surface area contributed by atoms with Crippen LogP contribution in [0.25, 0.3) is 5.57 Å². The number of carbonyl (C=O) groups is 1. The summed E-state index contributed by atoms with van der Waals surface area (Å²) in [7, 11) is 0. The Hall–Kier alpha value is -2.79. The number of benzene rings is 2. The minimum atomic E-state index is -0.581. The van der Waals surface area contributed by atoms with Gasteiger partial charge in [0.05, 0.1) is 6.10 Å². The normalized spacial score (nSPS) is 23.7. The second-order valence-corrected chi connectivity index (χ2v) is 6.32. The van der Waals surface area contributed by atoms with E-state index < -0.39 is 6.10 Å². The van der Waals surface area contributed by atoms with Crippen LogP contribution in [0.2, 0.25) is 0 Å². The minimum Gasteiger partial charge on any atom is -0.508 e. The van der Waals surface area contributed by atoms with Crippen molar-refractivity contribution < 1.29 is 15.0 Å². The lowest BCUT2D eigenvalue weighted by Gasteiger charge is -2.28. The van der Waals surface area contributed by atoms with Gasteiger partial charge >= 0.3 is 0 Å². The highest BCUT2D eigenvalue weighted by molar-refractivity contribution is 6.31. The summed E-state index contributed by atoms with van der Waals surface area (Å²) in [6, 6.07) is 10.5. The maximum absolute atomic E-state index is 12.3. The fourth-order valence-electron chi connectivity index (χ4n) is 3.64. The number of nitrogens with two attached hydrogens (primary N) is 1. The van der Waals surface area contributed by atoms with Gasteiger partial charge in [-0.3, -0.25) is 4.79 Å². The number of fused-ring (bicyclic) bond motifs is 2. The number of nitrogen functional groups attached to an aromatic ring is 1. The van der Waals surface area contributed by atoms with E-state index >= 15 is 0 Å². The first-order valence-electron chi connectivity index (χ1n) is 7.97. The van der Waals surface area contributed by atoms with Crippen LogP contribution in [0.4, 0.5) is 11.4 Å². The van der Waals surface area contributed by atoms with Gasteiger partial charge < -0.3 is 21.3 Å². The zero-order valence-electron chi connectivity index (χ0n) is 13.0. The van der Waals surface area contributed by atoms with Gasteiger partial charge in [-0.05, 0) is 42.7 Å². The number of hydrogen-bond donors (Lipinski definition) is 4. The molecule has 5 N–H and O–H groups in total. The average molecular weight is 322 g/mol. The molecule has 24 heavy (non-hydrogen) atoms. The van der Waals surface area contributed by atoms with Gasteiger partial charge in [0.25, 0.3) is 5.91 Å². The average Bonchev–Trinajstić information content (AvgIpc) is 2.86. The Labute approximate surface area is 139 Å². The van der Waals surface area contributed by atoms with E-state index in [0.29, 0.717) is 29.7 Å². The molecule has 0 fully saturated rings. The lowest BCUT2D eigenvalue weighted by molar-refractivity contribution is -0.110. The number of nitrogens with one attached hydrogen (secondary N) is 1. The zero-order chi connectivity index (χ0) is 16.8. The van der Waals surface area contributed by atoms with Crippen LogP contribution in [-0.2, 0) is 4.79 Å². The van der Waals surface area contributed by atoms with Gasteiger partial charge in [-0.15, -0.1) is 0 Å². The first-order chi connectivity index (χ1) is 11.5. The first-order valence-corrected chi connectivity index (χ1v) is 7.97. The van der Waals surface area contributed by atoms with Crippen LogP contribution >= 0.6 is 0 Å². The predicted molar refractivity (Wildman–Crippen MR) is 92.5 cm³/mol. The van der Waals surface area contributed by atoms with Crippen LogP contribution in [0.3, 0.4) is 0 Å². The van der Waals surface area contributed by atoms with Gasteiger partial charge in [0.15, 0.2) is 0 Å². The third-order valence-corrected chi connectivity index (χ3v) is 4.79. The van der Waals surface area contributed by atoms with E-state index in [1.807, 2.05) is 12.1 Å². The van der Waals surface area contributed by atoms with Gasteiger partial charge in [-0.2, -0.15) is 0 Å². The molecule has 1 amide bonds. The summed E-state index contributed by atoms with van der Waals surface area (Å²) in [6.45, 7) is 0. The Kier molecular flexibility index (Phi) is 3.32. The number of anilines is 2. The van der Waals surface area contributed by atoms with Gasteiger partial charge in [0.2, 0.25) is 0 Å². The topological polar surface area (TPSA) is 95.6 Å². The summed E-state index contributed by atoms with van der Waals surface area (Å²) in [6.07, 6.45) is 2.56. The number of aliphatic hydroxyl groups is 1. The summed E-state index contributed by atoms with van der Waals surface area (Å²) in [5.41, 5.74) is 9.97. The largest absolute Gasteiger partial charge is 0.508 e. The minimum absolute atomic E-state index is 0.127. The van der Waals surface area contributed by atoms with Crippen molar-refractivity contribution in [3.63, 3.8) is 0 Å². The van der Waals surface area contributed by atoms with Crippen molar-refractivity contribution in [1.29, 1.82) is 0 Å². The number of phenolic OH excluding ortho intramolecular Hbond substituents is 1. The van der Waals surface area contributed by atoms with Crippen LogP contribution < -0.4 is 11.1 Å². The van der Waals surface area contributed by atoms with Crippen molar-refractivity contribution in [3.8, 4) is 5.75 Å². The van der Waals surface area contributed by atoms with Crippen molar-refractivity contribution in [1.82, 2.24) is 0 Å². The van der Waals surface area contributed by atoms with Crippen molar-refractivity contribution in [2.24, 2.45) is 0 Å². The van der Waals surface area contributed by atoms with Crippen LogP contribution in [-0.4, -0.2) is 16.1 Å². The number of aromatic hydroxyl groups is 1. The second-order valence-electron chi connectivity index (χ2n) is 6.32. The van der Waals surface area contributed by atoms with E-state index in [9.17, 15) is 15.0 Å². The fraction of sp³-hybridized carbons (Fsp3) is 0.211. The monoisotopic (exact) mass is 322 g/mol. The Balaban J connectivity index is 1.82. The molecule has 0 bridgehead atoms. The highest BCUT2D eigenvalue weighted by atomic mass is 16.3. The van der Waals surface area contributed by atoms with E-state index in [1.165, 1.54) is 0 Å². The molecule has 4 rings (SSSR count). The molecule has 2 aliphatic rings. The first kappa shape index (κ1) is 14.8. The van der Waals surface area contributed by atoms with Gasteiger partial charge in [0, 0.05) is 34.0 Å². The summed E-state index contributed by atoms with van der Waals surface area (Å²) in [5, 5.41) is 23.3. The number of phenols is 1. The summed E-state index contributed by atoms with van der Waals surface area (Å²) >= 11 is 0. The van der Waals surface area contributed by atoms with Crippen LogP contribution in [0, 0.1) is 0 Å². The Morgan fingerprint density at radius 1 is 1.21 bits per heavy atom. The molecule has 2 atom stereocenters. The molecule has 0 saturated heterocycles. The number of rotatable bonds is 1. The molecule has 2 unspecified atom stereocenters. The molecule has 5 nitrogen and oxygen atoms in total. The Bertz CT molecular complexity index is 873. The van der Waals surface area contributed by atoms with E-state index in [2.05, 4.69) is 5.32 Å². The highest BCUT2D eigenvalue weighted by Crippen LogP contribution is 2.45. The maximum Gasteiger partial charge on any atom is 0.256 e. The molecule has 0 aromatic heterocycles. The summed E-state index contributed by atoms with van der Waals surface area (Å²) in [5.74, 6) is -0.143. The molecule has 2 aromatic rings. The lowest BCUT2D eigenvalue weighted by Crippen LogP contribution is -2.14. The number of hydrogen-bond acceptors (Lipinski definition) is 4.